The lowest BCUT2D eigenvalue weighted by atomic mass is 10.1. The van der Waals surface area contributed by atoms with Crippen LogP contribution in [0.3, 0.4) is 0 Å². The number of ether oxygens (including phenoxy) is 1. The molecule has 0 unspecified atom stereocenters. The summed E-state index contributed by atoms with van der Waals surface area (Å²) >= 11 is 0. The lowest BCUT2D eigenvalue weighted by Crippen LogP contribution is -2.34. The predicted octanol–water partition coefficient (Wildman–Crippen LogP) is 3.43. The first kappa shape index (κ1) is 21.1. The Kier molecular flexibility index (Phi) is 7.68. The number of aryl methyl sites for hydroxylation is 1. The number of nitrogens with zero attached hydrogens (tertiary/aromatic N) is 2. The Hall–Kier alpha value is -3.22. The first-order valence-corrected chi connectivity index (χ1v) is 9.12. The predicted molar refractivity (Wildman–Crippen MR) is 105 cm³/mol. The molecular formula is C21H24N2O5. The summed E-state index contributed by atoms with van der Waals surface area (Å²) in [5, 5.41) is 11.2. The number of para-hydroxylation sites is 1. The fraction of sp³-hybridized carbons (Fsp3) is 0.333. The molecule has 0 atom stereocenters. The monoisotopic (exact) mass is 384 g/mol. The highest BCUT2D eigenvalue weighted by molar-refractivity contribution is 5.80. The molecule has 0 N–H and O–H groups in total. The summed E-state index contributed by atoms with van der Waals surface area (Å²) < 4.78 is 4.94. The van der Waals surface area contributed by atoms with Crippen LogP contribution in [0.25, 0.3) is 0 Å². The highest BCUT2D eigenvalue weighted by Gasteiger charge is 2.21. The number of carbonyl (C=O) groups is 2. The quantitative estimate of drug-likeness (QED) is 0.375. The van der Waals surface area contributed by atoms with E-state index in [4.69, 9.17) is 4.74 Å². The fourth-order valence-electron chi connectivity index (χ4n) is 2.78. The van der Waals surface area contributed by atoms with Crippen molar-refractivity contribution in [1.82, 2.24) is 4.90 Å². The standard InChI is InChI=1S/C21H24N2O5/c1-3-28-21(25)12-13-22(15-17-10-8-16(2)9-11-17)20(24)14-18-6-4-5-7-19(18)23(26)27/h4-11H,3,12-15H2,1-2H3. The molecule has 1 amide bonds. The number of carbonyl (C=O) groups excluding carboxylic acids is 2. The zero-order valence-corrected chi connectivity index (χ0v) is 16.1. The largest absolute Gasteiger partial charge is 0.466 e. The third kappa shape index (κ3) is 6.19. The zero-order chi connectivity index (χ0) is 20.5. The molecule has 7 heteroatoms. The van der Waals surface area contributed by atoms with Crippen molar-refractivity contribution in [3.05, 3.63) is 75.3 Å². The van der Waals surface area contributed by atoms with Gasteiger partial charge in [-0.3, -0.25) is 19.7 Å². The van der Waals surface area contributed by atoms with Gasteiger partial charge in [-0.05, 0) is 19.4 Å². The van der Waals surface area contributed by atoms with Crippen molar-refractivity contribution in [2.75, 3.05) is 13.2 Å². The first-order chi connectivity index (χ1) is 13.4. The molecule has 0 saturated carbocycles. The van der Waals surface area contributed by atoms with Crippen LogP contribution in [0.1, 0.15) is 30.0 Å². The molecule has 2 aromatic carbocycles. The maximum absolute atomic E-state index is 12.9. The van der Waals surface area contributed by atoms with Gasteiger partial charge in [0.15, 0.2) is 0 Å². The van der Waals surface area contributed by atoms with Gasteiger partial charge in [0.05, 0.1) is 24.4 Å². The van der Waals surface area contributed by atoms with Crippen molar-refractivity contribution in [2.24, 2.45) is 0 Å². The van der Waals surface area contributed by atoms with E-state index in [0.29, 0.717) is 12.1 Å². The Balaban J connectivity index is 2.16. The van der Waals surface area contributed by atoms with Gasteiger partial charge in [0.1, 0.15) is 0 Å². The van der Waals surface area contributed by atoms with Gasteiger partial charge in [-0.2, -0.15) is 0 Å². The first-order valence-electron chi connectivity index (χ1n) is 9.12. The van der Waals surface area contributed by atoms with Gasteiger partial charge in [-0.25, -0.2) is 0 Å². The lowest BCUT2D eigenvalue weighted by molar-refractivity contribution is -0.385. The summed E-state index contributed by atoms with van der Waals surface area (Å²) in [6.07, 6.45) is -0.0336. The van der Waals surface area contributed by atoms with Crippen LogP contribution in [0.2, 0.25) is 0 Å². The summed E-state index contributed by atoms with van der Waals surface area (Å²) in [5.74, 6) is -0.658. The summed E-state index contributed by atoms with van der Waals surface area (Å²) in [6, 6.07) is 13.9. The molecule has 0 radical (unpaired) electrons. The number of rotatable bonds is 9. The van der Waals surface area contributed by atoms with Crippen LogP contribution in [-0.2, 0) is 27.3 Å². The minimum atomic E-state index is -0.495. The number of hydrogen-bond donors (Lipinski definition) is 0. The second kappa shape index (κ2) is 10.2. The van der Waals surface area contributed by atoms with Crippen molar-refractivity contribution in [3.8, 4) is 0 Å². The summed E-state index contributed by atoms with van der Waals surface area (Å²) in [4.78, 5) is 36.8. The van der Waals surface area contributed by atoms with E-state index < -0.39 is 4.92 Å². The number of hydrogen-bond acceptors (Lipinski definition) is 5. The second-order valence-electron chi connectivity index (χ2n) is 6.42. The number of nitro groups is 1. The molecule has 7 nitrogen and oxygen atoms in total. The van der Waals surface area contributed by atoms with Crippen LogP contribution in [0.4, 0.5) is 5.69 Å². The topological polar surface area (TPSA) is 89.8 Å². The van der Waals surface area contributed by atoms with E-state index >= 15 is 0 Å². The van der Waals surface area contributed by atoms with E-state index in [0.717, 1.165) is 11.1 Å². The van der Waals surface area contributed by atoms with Crippen LogP contribution < -0.4 is 0 Å². The minimum Gasteiger partial charge on any atom is -0.466 e. The summed E-state index contributed by atoms with van der Waals surface area (Å²) in [5.41, 5.74) is 2.29. The molecule has 0 aliphatic heterocycles. The van der Waals surface area contributed by atoms with E-state index in [-0.39, 0.29) is 43.6 Å². The molecule has 0 aliphatic rings. The Morgan fingerprint density at radius 1 is 1.11 bits per heavy atom. The van der Waals surface area contributed by atoms with Crippen molar-refractivity contribution in [1.29, 1.82) is 0 Å². The van der Waals surface area contributed by atoms with Crippen LogP contribution in [0.15, 0.2) is 48.5 Å². The van der Waals surface area contributed by atoms with Gasteiger partial charge < -0.3 is 9.64 Å². The minimum absolute atomic E-state index is 0.0718. The molecule has 2 rings (SSSR count). The van der Waals surface area contributed by atoms with Crippen molar-refractivity contribution in [3.63, 3.8) is 0 Å². The third-order valence-corrected chi connectivity index (χ3v) is 4.27. The van der Waals surface area contributed by atoms with Gasteiger partial charge in [-0.15, -0.1) is 0 Å². The number of amides is 1. The normalized spacial score (nSPS) is 10.4. The van der Waals surface area contributed by atoms with E-state index in [1.165, 1.54) is 11.0 Å². The molecule has 0 saturated heterocycles. The van der Waals surface area contributed by atoms with Crippen molar-refractivity contribution < 1.29 is 19.2 Å². The van der Waals surface area contributed by atoms with Gasteiger partial charge in [-0.1, -0.05) is 48.0 Å². The molecule has 0 fully saturated rings. The zero-order valence-electron chi connectivity index (χ0n) is 16.1. The Bertz CT molecular complexity index is 833. The number of benzene rings is 2. The van der Waals surface area contributed by atoms with Gasteiger partial charge in [0, 0.05) is 24.7 Å². The summed E-state index contributed by atoms with van der Waals surface area (Å²) in [7, 11) is 0. The Morgan fingerprint density at radius 2 is 1.79 bits per heavy atom. The van der Waals surface area contributed by atoms with E-state index in [1.54, 1.807) is 25.1 Å². The average molecular weight is 384 g/mol. The average Bonchev–Trinajstić information content (AvgIpc) is 2.67. The number of esters is 1. The second-order valence-corrected chi connectivity index (χ2v) is 6.42. The lowest BCUT2D eigenvalue weighted by Gasteiger charge is -2.23. The molecule has 0 spiro atoms. The smallest absolute Gasteiger partial charge is 0.307 e. The van der Waals surface area contributed by atoms with Crippen LogP contribution in [0, 0.1) is 17.0 Å². The van der Waals surface area contributed by atoms with E-state index in [1.807, 2.05) is 31.2 Å². The fourth-order valence-corrected chi connectivity index (χ4v) is 2.78. The molecule has 0 heterocycles. The van der Waals surface area contributed by atoms with Gasteiger partial charge in [0.25, 0.3) is 5.69 Å². The molecule has 2 aromatic rings. The van der Waals surface area contributed by atoms with Crippen LogP contribution in [0.5, 0.6) is 0 Å². The Labute approximate surface area is 164 Å². The SMILES string of the molecule is CCOC(=O)CCN(Cc1ccc(C)cc1)C(=O)Cc1ccccc1[N+](=O)[O-]. The van der Waals surface area contributed by atoms with E-state index in [9.17, 15) is 19.7 Å². The van der Waals surface area contributed by atoms with Crippen molar-refractivity contribution >= 4 is 17.6 Å². The molecule has 0 aliphatic carbocycles. The van der Waals surface area contributed by atoms with E-state index in [2.05, 4.69) is 0 Å². The molecule has 0 aromatic heterocycles. The summed E-state index contributed by atoms with van der Waals surface area (Å²) in [6.45, 7) is 4.48. The maximum atomic E-state index is 12.9. The Morgan fingerprint density at radius 3 is 2.43 bits per heavy atom. The van der Waals surface area contributed by atoms with Crippen LogP contribution >= 0.6 is 0 Å². The molecular weight excluding hydrogens is 360 g/mol. The molecule has 0 bridgehead atoms. The molecule has 28 heavy (non-hydrogen) atoms. The number of nitro benzene ring substituents is 1. The van der Waals surface area contributed by atoms with Crippen LogP contribution in [-0.4, -0.2) is 34.9 Å². The third-order valence-electron chi connectivity index (χ3n) is 4.27. The van der Waals surface area contributed by atoms with Crippen molar-refractivity contribution in [2.45, 2.75) is 33.2 Å². The highest BCUT2D eigenvalue weighted by atomic mass is 16.6. The highest BCUT2D eigenvalue weighted by Crippen LogP contribution is 2.19. The molecule has 148 valence electrons. The van der Waals surface area contributed by atoms with Gasteiger partial charge in [0.2, 0.25) is 5.91 Å². The van der Waals surface area contributed by atoms with Gasteiger partial charge >= 0.3 is 5.97 Å². The maximum Gasteiger partial charge on any atom is 0.307 e.